The first-order valence-electron chi connectivity index (χ1n) is 13.7. The molecule has 2 bridgehead atoms. The number of fused-ring (bicyclic) bond motifs is 6. The van der Waals surface area contributed by atoms with E-state index in [-0.39, 0.29) is 51.0 Å². The molecule has 1 amide bonds. The number of carbonyl (C=O) groups is 1. The summed E-state index contributed by atoms with van der Waals surface area (Å²) < 4.78 is 43.3. The van der Waals surface area contributed by atoms with Crippen molar-refractivity contribution in [3.63, 3.8) is 0 Å². The van der Waals surface area contributed by atoms with Gasteiger partial charge in [-0.3, -0.25) is 10.2 Å². The van der Waals surface area contributed by atoms with Crippen LogP contribution in [-0.2, 0) is 22.7 Å². The van der Waals surface area contributed by atoms with E-state index in [1.165, 1.54) is 18.5 Å². The van der Waals surface area contributed by atoms with Crippen molar-refractivity contribution in [3.05, 3.63) is 46.8 Å². The molecular formula is C30H28F2N6O3S. The maximum atomic E-state index is 16.8. The summed E-state index contributed by atoms with van der Waals surface area (Å²) in [6.07, 6.45) is 1.64. The number of anilines is 2. The SMILES string of the molecule is CN1C[C@H]2C[C@@H]1CN2c1ncnc2c(F)c(-c3ccc(F)c4sc(NC(=O)OC(C)(C)C)c(C#N)c34)c3c(c12)COC3. The van der Waals surface area contributed by atoms with E-state index in [4.69, 9.17) is 9.47 Å². The van der Waals surface area contributed by atoms with Gasteiger partial charge < -0.3 is 14.4 Å². The molecule has 2 aromatic heterocycles. The standard InChI is InChI=1S/C30H28F2N6O3S/c1-30(2,3)41-29(39)36-28-17(8-33)22-16(5-6-20(31)26(22)42-28)21-18-11-40-12-19(18)23-25(24(21)32)34-13-35-27(23)38-10-14-7-15(38)9-37(14)4/h5-6,13-15H,7,9-12H2,1-4H3,(H,36,39)/t14-,15-/m1/s1. The van der Waals surface area contributed by atoms with Gasteiger partial charge in [-0.2, -0.15) is 5.26 Å². The number of hydrogen-bond acceptors (Lipinski definition) is 9. The van der Waals surface area contributed by atoms with Crippen LogP contribution in [0.5, 0.6) is 0 Å². The average Bonchev–Trinajstić information content (AvgIpc) is 3.71. The van der Waals surface area contributed by atoms with Gasteiger partial charge in [0.25, 0.3) is 0 Å². The normalized spacial score (nSPS) is 20.0. The van der Waals surface area contributed by atoms with Crippen molar-refractivity contribution in [1.29, 1.82) is 5.26 Å². The topological polar surface area (TPSA) is 104 Å². The second-order valence-corrected chi connectivity index (χ2v) is 13.1. The zero-order valence-electron chi connectivity index (χ0n) is 23.5. The van der Waals surface area contributed by atoms with E-state index in [0.717, 1.165) is 36.4 Å². The third-order valence-electron chi connectivity index (χ3n) is 8.29. The number of amides is 1. The largest absolute Gasteiger partial charge is 0.444 e. The molecule has 0 unspecified atom stereocenters. The fraction of sp³-hybridized carbons (Fsp3) is 0.400. The molecule has 0 aliphatic carbocycles. The molecule has 1 N–H and O–H groups in total. The number of carbonyl (C=O) groups excluding carboxylic acids is 1. The zero-order chi connectivity index (χ0) is 29.5. The number of likely N-dealkylation sites (N-methyl/N-ethyl adjacent to an activating group) is 1. The van der Waals surface area contributed by atoms with Crippen LogP contribution in [0.4, 0.5) is 24.4 Å². The van der Waals surface area contributed by atoms with Gasteiger partial charge in [-0.05, 0) is 57.0 Å². The number of piperazine rings is 1. The van der Waals surface area contributed by atoms with Gasteiger partial charge in [0, 0.05) is 36.1 Å². The molecule has 4 aromatic rings. The van der Waals surface area contributed by atoms with Crippen LogP contribution in [0, 0.1) is 23.0 Å². The van der Waals surface area contributed by atoms with Gasteiger partial charge in [0.15, 0.2) is 5.82 Å². The number of nitriles is 1. The lowest BCUT2D eigenvalue weighted by molar-refractivity contribution is 0.0636. The van der Waals surface area contributed by atoms with Gasteiger partial charge >= 0.3 is 6.09 Å². The van der Waals surface area contributed by atoms with Crippen LogP contribution < -0.4 is 10.2 Å². The van der Waals surface area contributed by atoms with Crippen molar-refractivity contribution < 1.29 is 23.0 Å². The van der Waals surface area contributed by atoms with E-state index in [2.05, 4.69) is 38.2 Å². The molecule has 9 nitrogen and oxygen atoms in total. The minimum absolute atomic E-state index is 0.0307. The highest BCUT2D eigenvalue weighted by Gasteiger charge is 2.43. The summed E-state index contributed by atoms with van der Waals surface area (Å²) in [6.45, 7) is 7.27. The quantitative estimate of drug-likeness (QED) is 0.313. The summed E-state index contributed by atoms with van der Waals surface area (Å²) in [5.41, 5.74) is 1.39. The van der Waals surface area contributed by atoms with E-state index in [0.29, 0.717) is 28.4 Å². The highest BCUT2D eigenvalue weighted by Crippen LogP contribution is 2.48. The molecule has 2 saturated heterocycles. The van der Waals surface area contributed by atoms with E-state index < -0.39 is 23.3 Å². The Hall–Kier alpha value is -3.92. The lowest BCUT2D eigenvalue weighted by atomic mass is 9.90. The predicted octanol–water partition coefficient (Wildman–Crippen LogP) is 5.93. The fourth-order valence-electron chi connectivity index (χ4n) is 6.54. The molecule has 0 saturated carbocycles. The average molecular weight is 591 g/mol. The number of benzene rings is 2. The molecule has 3 aliphatic heterocycles. The van der Waals surface area contributed by atoms with Gasteiger partial charge in [0.05, 0.1) is 28.9 Å². The Bertz CT molecular complexity index is 1840. The van der Waals surface area contributed by atoms with Crippen LogP contribution >= 0.6 is 11.3 Å². The molecule has 5 heterocycles. The first-order chi connectivity index (χ1) is 20.1. The fourth-order valence-corrected chi connectivity index (χ4v) is 7.61. The Labute approximate surface area is 244 Å². The van der Waals surface area contributed by atoms with Gasteiger partial charge in [0.2, 0.25) is 0 Å². The van der Waals surface area contributed by atoms with Crippen molar-refractivity contribution in [2.45, 2.75) is 58.1 Å². The van der Waals surface area contributed by atoms with E-state index in [9.17, 15) is 10.1 Å². The lowest BCUT2D eigenvalue weighted by Gasteiger charge is -2.33. The van der Waals surface area contributed by atoms with Crippen LogP contribution in [0.2, 0.25) is 0 Å². The summed E-state index contributed by atoms with van der Waals surface area (Å²) in [6, 6.07) is 5.53. The third kappa shape index (κ3) is 4.10. The minimum Gasteiger partial charge on any atom is -0.444 e. The van der Waals surface area contributed by atoms with Gasteiger partial charge in [-0.1, -0.05) is 6.07 Å². The number of ether oxygens (including phenoxy) is 2. The summed E-state index contributed by atoms with van der Waals surface area (Å²) in [5.74, 6) is -0.460. The predicted molar refractivity (Wildman–Crippen MR) is 156 cm³/mol. The molecule has 2 atom stereocenters. The smallest absolute Gasteiger partial charge is 0.412 e. The molecule has 216 valence electrons. The molecule has 2 aromatic carbocycles. The van der Waals surface area contributed by atoms with E-state index >= 15 is 8.78 Å². The Kier molecular flexibility index (Phi) is 6.13. The number of rotatable bonds is 3. The number of nitrogens with zero attached hydrogens (tertiary/aromatic N) is 5. The minimum atomic E-state index is -0.774. The van der Waals surface area contributed by atoms with Crippen LogP contribution in [-0.4, -0.2) is 58.8 Å². The second-order valence-electron chi connectivity index (χ2n) is 12.0. The Morgan fingerprint density at radius 1 is 1.17 bits per heavy atom. The van der Waals surface area contributed by atoms with Crippen molar-refractivity contribution in [2.24, 2.45) is 0 Å². The van der Waals surface area contributed by atoms with Crippen molar-refractivity contribution in [3.8, 4) is 17.2 Å². The highest BCUT2D eigenvalue weighted by atomic mass is 32.1. The van der Waals surface area contributed by atoms with E-state index in [1.807, 2.05) is 0 Å². The van der Waals surface area contributed by atoms with E-state index in [1.54, 1.807) is 20.8 Å². The number of aromatic nitrogens is 2. The first kappa shape index (κ1) is 26.9. The molecule has 0 radical (unpaired) electrons. The van der Waals surface area contributed by atoms with Crippen LogP contribution in [0.3, 0.4) is 0 Å². The van der Waals surface area contributed by atoms with Crippen LogP contribution in [0.1, 0.15) is 43.9 Å². The van der Waals surface area contributed by atoms with Gasteiger partial charge in [0.1, 0.15) is 40.2 Å². The summed E-state index contributed by atoms with van der Waals surface area (Å²) in [5, 5.41) is 13.7. The number of hydrogen-bond donors (Lipinski definition) is 1. The van der Waals surface area contributed by atoms with Gasteiger partial charge in [-0.15, -0.1) is 11.3 Å². The van der Waals surface area contributed by atoms with Crippen molar-refractivity contribution >= 4 is 49.2 Å². The summed E-state index contributed by atoms with van der Waals surface area (Å²) >= 11 is 0.908. The number of likely N-dealkylation sites (tertiary alicyclic amines) is 1. The second kappa shape index (κ2) is 9.55. The monoisotopic (exact) mass is 590 g/mol. The lowest BCUT2D eigenvalue weighted by Crippen LogP contribution is -2.45. The summed E-state index contributed by atoms with van der Waals surface area (Å²) in [4.78, 5) is 26.2. The Balaban J connectivity index is 1.42. The maximum Gasteiger partial charge on any atom is 0.412 e. The number of halogens is 2. The number of thiophene rings is 1. The molecule has 12 heteroatoms. The molecular weight excluding hydrogens is 562 g/mol. The van der Waals surface area contributed by atoms with Crippen LogP contribution in [0.15, 0.2) is 18.5 Å². The molecule has 0 spiro atoms. The van der Waals surface area contributed by atoms with Crippen molar-refractivity contribution in [1.82, 2.24) is 14.9 Å². The first-order valence-corrected chi connectivity index (χ1v) is 14.6. The molecule has 7 rings (SSSR count). The Morgan fingerprint density at radius 2 is 1.95 bits per heavy atom. The highest BCUT2D eigenvalue weighted by molar-refractivity contribution is 7.23. The maximum absolute atomic E-state index is 16.8. The third-order valence-corrected chi connectivity index (χ3v) is 9.40. The van der Waals surface area contributed by atoms with Crippen molar-refractivity contribution in [2.75, 3.05) is 30.4 Å². The summed E-state index contributed by atoms with van der Waals surface area (Å²) in [7, 11) is 2.12. The van der Waals surface area contributed by atoms with Gasteiger partial charge in [-0.25, -0.2) is 23.5 Å². The molecule has 42 heavy (non-hydrogen) atoms. The van der Waals surface area contributed by atoms with Crippen LogP contribution in [0.25, 0.3) is 32.1 Å². The zero-order valence-corrected chi connectivity index (χ0v) is 24.4. The molecule has 2 fully saturated rings. The number of nitrogens with one attached hydrogen (secondary N) is 1. The Morgan fingerprint density at radius 3 is 2.64 bits per heavy atom. The molecule has 3 aliphatic rings.